The Morgan fingerprint density at radius 1 is 1.25 bits per heavy atom. The molecule has 0 amide bonds. The van der Waals surface area contributed by atoms with Gasteiger partial charge in [0.2, 0.25) is 0 Å². The van der Waals surface area contributed by atoms with Gasteiger partial charge in [0.15, 0.2) is 0 Å². The molecule has 0 aromatic heterocycles. The van der Waals surface area contributed by atoms with Crippen LogP contribution in [0.15, 0.2) is 12.7 Å². The monoisotopic (exact) mass is 446 g/mol. The van der Waals surface area contributed by atoms with Gasteiger partial charge in [0.05, 0.1) is 12.3 Å². The van der Waals surface area contributed by atoms with Crippen LogP contribution in [-0.4, -0.2) is 30.6 Å². The Hall–Kier alpha value is -0.720. The molecule has 2 aliphatic carbocycles. The zero-order chi connectivity index (χ0) is 17.1. The predicted molar refractivity (Wildman–Crippen MR) is 103 cm³/mol. The lowest BCUT2D eigenvalue weighted by Crippen LogP contribution is -2.30. The second-order valence-electron chi connectivity index (χ2n) is 7.29. The van der Waals surface area contributed by atoms with Gasteiger partial charge in [0.25, 0.3) is 0 Å². The van der Waals surface area contributed by atoms with Crippen LogP contribution < -0.4 is 0 Å². The lowest BCUT2D eigenvalue weighted by atomic mass is 9.87. The maximum Gasteiger partial charge on any atom is 0.310 e. The number of esters is 1. The number of carbonyl (C=O) groups is 2. The van der Waals surface area contributed by atoms with Gasteiger partial charge in [-0.3, -0.25) is 9.59 Å². The van der Waals surface area contributed by atoms with Crippen LogP contribution >= 0.6 is 20.7 Å². The van der Waals surface area contributed by atoms with Crippen LogP contribution in [0.2, 0.25) is 0 Å². The van der Waals surface area contributed by atoms with Crippen LogP contribution in [0.1, 0.15) is 57.8 Å². The van der Waals surface area contributed by atoms with Gasteiger partial charge in [-0.05, 0) is 53.9 Å². The van der Waals surface area contributed by atoms with E-state index in [2.05, 4.69) is 6.58 Å². The smallest absolute Gasteiger partial charge is 0.310 e. The number of hydrogen-bond donors (Lipinski definition) is 1. The third-order valence-electron chi connectivity index (χ3n) is 5.67. The minimum Gasteiger partial charge on any atom is -0.481 e. The largest absolute Gasteiger partial charge is 0.481 e. The normalized spacial score (nSPS) is 31.0. The molecule has 4 nitrogen and oxygen atoms in total. The molecule has 0 saturated heterocycles. The number of halogens is 1. The molecule has 0 spiro atoms. The first-order valence-electron chi connectivity index (χ1n) is 9.12. The van der Waals surface area contributed by atoms with Gasteiger partial charge in [-0.2, -0.15) is 0 Å². The van der Waals surface area contributed by atoms with Gasteiger partial charge in [-0.25, -0.2) is 0 Å². The summed E-state index contributed by atoms with van der Waals surface area (Å²) in [4.78, 5) is 23.9. The maximum atomic E-state index is 12.3. The highest BCUT2D eigenvalue weighted by Crippen LogP contribution is 2.46. The molecule has 1 aliphatic heterocycles. The van der Waals surface area contributed by atoms with Gasteiger partial charge in [-0.1, -0.05) is 18.9 Å². The van der Waals surface area contributed by atoms with E-state index < -0.39 is 5.97 Å². The van der Waals surface area contributed by atoms with Crippen LogP contribution in [0.3, 0.4) is 0 Å². The minimum atomic E-state index is -0.656. The molecule has 3 rings (SSSR count). The summed E-state index contributed by atoms with van der Waals surface area (Å²) in [5.41, 5.74) is 0. The highest BCUT2D eigenvalue weighted by Gasteiger charge is 2.44. The summed E-state index contributed by atoms with van der Waals surface area (Å²) < 4.78 is 7.12. The first-order valence-corrected chi connectivity index (χ1v) is 11.4. The molecule has 4 atom stereocenters. The molecule has 1 heterocycles. The van der Waals surface area contributed by atoms with Gasteiger partial charge in [-0.15, -0.1) is 27.3 Å². The van der Waals surface area contributed by atoms with Crippen molar-refractivity contribution in [3.05, 3.63) is 12.7 Å². The maximum absolute atomic E-state index is 12.3. The molecule has 24 heavy (non-hydrogen) atoms. The van der Waals surface area contributed by atoms with Crippen molar-refractivity contribution in [2.45, 2.75) is 67.8 Å². The molecule has 2 unspecified atom stereocenters. The third-order valence-corrected chi connectivity index (χ3v) is 9.05. The van der Waals surface area contributed by atoms with Crippen LogP contribution in [0.5, 0.6) is 0 Å². The fraction of sp³-hybridized carbons (Fsp3) is 0.737. The van der Waals surface area contributed by atoms with Crippen LogP contribution in [0.4, 0.5) is 0 Å². The lowest BCUT2D eigenvalue weighted by Gasteiger charge is -2.20. The highest BCUT2D eigenvalue weighted by molar-refractivity contribution is 14.2. The van der Waals surface area contributed by atoms with E-state index in [1.165, 1.54) is 3.51 Å². The average molecular weight is 446 g/mol. The third kappa shape index (κ3) is 4.27. The van der Waals surface area contributed by atoms with Gasteiger partial charge in [0.1, 0.15) is 6.10 Å². The predicted octanol–water partition coefficient (Wildman–Crippen LogP) is 4.08. The molecule has 1 N–H and O–H groups in total. The summed E-state index contributed by atoms with van der Waals surface area (Å²) in [6.45, 7) is 3.78. The number of carboxylic acids is 1. The number of aliphatic carboxylic acids is 1. The number of carboxylic acid groups (broad SMARTS) is 1. The zero-order valence-corrected chi connectivity index (χ0v) is 16.2. The van der Waals surface area contributed by atoms with Crippen molar-refractivity contribution < 1.29 is 19.4 Å². The Balaban J connectivity index is 1.48. The molecule has 0 radical (unpaired) electrons. The van der Waals surface area contributed by atoms with Crippen molar-refractivity contribution >= 4 is 36.2 Å². The molecule has 0 bridgehead atoms. The topological polar surface area (TPSA) is 63.6 Å². The van der Waals surface area contributed by atoms with E-state index in [0.29, 0.717) is 18.3 Å². The van der Waals surface area contributed by atoms with Crippen molar-refractivity contribution in [2.24, 2.45) is 17.8 Å². The van der Waals surface area contributed by atoms with E-state index >= 15 is 0 Å². The van der Waals surface area contributed by atoms with Crippen molar-refractivity contribution in [2.75, 3.05) is 0 Å². The lowest BCUT2D eigenvalue weighted by molar-refractivity contribution is -0.149. The van der Waals surface area contributed by atoms with Crippen molar-refractivity contribution in [1.82, 2.24) is 0 Å². The summed E-state index contributed by atoms with van der Waals surface area (Å²) in [5, 5.41) is 9.60. The summed E-state index contributed by atoms with van der Waals surface area (Å²) in [5.74, 6) is -0.275. The van der Waals surface area contributed by atoms with Crippen LogP contribution in [-0.2, 0) is 14.3 Å². The van der Waals surface area contributed by atoms with E-state index in [-0.39, 0.29) is 42.6 Å². The fourth-order valence-corrected chi connectivity index (χ4v) is 7.49. The summed E-state index contributed by atoms with van der Waals surface area (Å²) in [7, 11) is 0. The number of ether oxygens (including phenoxy) is 1. The highest BCUT2D eigenvalue weighted by atomic mass is 127. The molecule has 134 valence electrons. The first-order chi connectivity index (χ1) is 11.6. The molecule has 0 aromatic rings. The van der Waals surface area contributed by atoms with E-state index in [0.717, 1.165) is 51.4 Å². The van der Waals surface area contributed by atoms with E-state index in [1.807, 2.05) is 6.08 Å². The molecule has 5 heteroatoms. The average Bonchev–Trinajstić information content (AvgIpc) is 2.91. The Morgan fingerprint density at radius 2 is 2.00 bits per heavy atom. The standard InChI is InChI=1S/C19H27IO4/c1-2-6-12-9-5-10-15(12)24-16(21)11-14-18(20-14)17(19(22)23)13-7-3-4-8-13/h2,12-13,15,17-18H,1,3-11H2,(H,22,23)/t12-,15?,17-,18?/m1/s1. The first kappa shape index (κ1) is 18.1. The van der Waals surface area contributed by atoms with Crippen molar-refractivity contribution in [1.29, 1.82) is 0 Å². The molecule has 2 fully saturated rings. The van der Waals surface area contributed by atoms with E-state index in [4.69, 9.17) is 4.74 Å². The van der Waals surface area contributed by atoms with Crippen molar-refractivity contribution in [3.8, 4) is 0 Å². The number of allylic oxidation sites excluding steroid dienone is 1. The second kappa shape index (κ2) is 8.11. The summed E-state index contributed by atoms with van der Waals surface area (Å²) in [6, 6.07) is 0. The second-order valence-corrected chi connectivity index (χ2v) is 10.6. The van der Waals surface area contributed by atoms with Gasteiger partial charge < -0.3 is 9.84 Å². The van der Waals surface area contributed by atoms with E-state index in [1.54, 1.807) is 0 Å². The van der Waals surface area contributed by atoms with Crippen LogP contribution in [0, 0.1) is 17.8 Å². The Morgan fingerprint density at radius 3 is 2.67 bits per heavy atom. The molecular weight excluding hydrogens is 419 g/mol. The summed E-state index contributed by atoms with van der Waals surface area (Å²) >= 11 is -0.236. The number of rotatable bonds is 8. The quantitative estimate of drug-likeness (QED) is 0.264. The van der Waals surface area contributed by atoms with Gasteiger partial charge in [0, 0.05) is 3.92 Å². The number of hydrogen-bond acceptors (Lipinski definition) is 3. The van der Waals surface area contributed by atoms with Crippen LogP contribution in [0.25, 0.3) is 0 Å². The van der Waals surface area contributed by atoms with E-state index in [9.17, 15) is 14.7 Å². The molecule has 2 saturated carbocycles. The Bertz CT molecular complexity index is 535. The Kier molecular flexibility index (Phi) is 6.11. The Labute approximate surface area is 153 Å². The molecule has 3 aliphatic rings. The number of alkyl halides is 1. The summed E-state index contributed by atoms with van der Waals surface area (Å²) in [6.07, 6.45) is 10.8. The SMILES string of the molecule is C=CC[C@@H]1CCCC1OC(=O)CC1=IC1[C@H](C(=O)O)C1CCCC1. The van der Waals surface area contributed by atoms with Crippen molar-refractivity contribution in [3.63, 3.8) is 0 Å². The number of carbonyl (C=O) groups excluding carboxylic acids is 1. The molecular formula is C19H27IO4. The molecule has 0 aromatic carbocycles. The minimum absolute atomic E-state index is 0.0385. The zero-order valence-electron chi connectivity index (χ0n) is 14.1. The fourth-order valence-electron chi connectivity index (χ4n) is 4.39. The van der Waals surface area contributed by atoms with Gasteiger partial charge >= 0.3 is 11.9 Å².